The second-order valence-electron chi connectivity index (χ2n) is 4.57. The van der Waals surface area contributed by atoms with Crippen LogP contribution in [-0.2, 0) is 0 Å². The van der Waals surface area contributed by atoms with Crippen LogP contribution >= 0.6 is 27.5 Å². The molecule has 6 heteroatoms. The lowest BCUT2D eigenvalue weighted by molar-refractivity contribution is 0.353. The third-order valence-electron chi connectivity index (χ3n) is 3.03. The Bertz CT molecular complexity index is 705. The van der Waals surface area contributed by atoms with Crippen LogP contribution in [-0.4, -0.2) is 20.4 Å². The molecular weight excluding hydrogens is 368 g/mol. The van der Waals surface area contributed by atoms with E-state index in [0.717, 1.165) is 21.3 Å². The van der Waals surface area contributed by atoms with Gasteiger partial charge < -0.3 is 9.47 Å². The van der Waals surface area contributed by atoms with E-state index < -0.39 is 0 Å². The Balaban J connectivity index is 2.16. The van der Waals surface area contributed by atoms with Gasteiger partial charge in [-0.05, 0) is 58.2 Å². The Morgan fingerprint density at radius 3 is 2.59 bits per heavy atom. The van der Waals surface area contributed by atoms with Crippen LogP contribution in [0.2, 0.25) is 5.02 Å². The molecule has 0 aliphatic heterocycles. The molecule has 0 saturated heterocycles. The van der Waals surface area contributed by atoms with E-state index in [0.29, 0.717) is 16.5 Å². The van der Waals surface area contributed by atoms with Crippen LogP contribution in [0.3, 0.4) is 0 Å². The highest BCUT2D eigenvalue weighted by atomic mass is 79.9. The number of anilines is 1. The highest BCUT2D eigenvalue weighted by Crippen LogP contribution is 2.35. The molecular formula is C16H16BrClN2O2. The number of hydrazone groups is 1. The van der Waals surface area contributed by atoms with Crippen LogP contribution in [0.4, 0.5) is 5.69 Å². The Morgan fingerprint density at radius 1 is 1.18 bits per heavy atom. The zero-order valence-electron chi connectivity index (χ0n) is 12.5. The maximum absolute atomic E-state index is 6.08. The van der Waals surface area contributed by atoms with Crippen molar-refractivity contribution in [2.45, 2.75) is 6.92 Å². The second kappa shape index (κ2) is 7.51. The summed E-state index contributed by atoms with van der Waals surface area (Å²) >= 11 is 9.52. The van der Waals surface area contributed by atoms with E-state index in [-0.39, 0.29) is 0 Å². The topological polar surface area (TPSA) is 42.8 Å². The maximum Gasteiger partial charge on any atom is 0.174 e. The van der Waals surface area contributed by atoms with Crippen molar-refractivity contribution in [2.75, 3.05) is 19.6 Å². The molecule has 0 heterocycles. The number of rotatable bonds is 5. The normalized spacial score (nSPS) is 10.8. The second-order valence-corrected chi connectivity index (χ2v) is 5.83. The molecule has 2 aromatic carbocycles. The quantitative estimate of drug-likeness (QED) is 0.591. The molecule has 0 fully saturated rings. The van der Waals surface area contributed by atoms with Gasteiger partial charge in [0, 0.05) is 5.02 Å². The summed E-state index contributed by atoms with van der Waals surface area (Å²) in [5, 5.41) is 4.91. The summed E-state index contributed by atoms with van der Waals surface area (Å²) in [6.07, 6.45) is 1.69. The molecule has 4 nitrogen and oxygen atoms in total. The Labute approximate surface area is 143 Å². The predicted molar refractivity (Wildman–Crippen MR) is 94.7 cm³/mol. The summed E-state index contributed by atoms with van der Waals surface area (Å²) < 4.78 is 11.4. The fraction of sp³-hybridized carbons (Fsp3) is 0.188. The highest BCUT2D eigenvalue weighted by molar-refractivity contribution is 9.10. The van der Waals surface area contributed by atoms with Crippen LogP contribution < -0.4 is 14.9 Å². The fourth-order valence-electron chi connectivity index (χ4n) is 1.86. The van der Waals surface area contributed by atoms with Gasteiger partial charge in [0.1, 0.15) is 0 Å². The van der Waals surface area contributed by atoms with E-state index in [1.54, 1.807) is 20.4 Å². The van der Waals surface area contributed by atoms with Crippen LogP contribution in [0, 0.1) is 6.92 Å². The van der Waals surface area contributed by atoms with Crippen LogP contribution in [0.5, 0.6) is 11.5 Å². The summed E-state index contributed by atoms with van der Waals surface area (Å²) in [6, 6.07) is 9.43. The van der Waals surface area contributed by atoms with Crippen molar-refractivity contribution in [2.24, 2.45) is 5.10 Å². The molecule has 22 heavy (non-hydrogen) atoms. The first-order chi connectivity index (χ1) is 10.5. The van der Waals surface area contributed by atoms with Crippen LogP contribution in [0.25, 0.3) is 0 Å². The van der Waals surface area contributed by atoms with E-state index in [9.17, 15) is 0 Å². The lowest BCUT2D eigenvalue weighted by atomic mass is 10.2. The molecule has 2 rings (SSSR count). The van der Waals surface area contributed by atoms with Gasteiger partial charge in [0.2, 0.25) is 0 Å². The number of nitrogens with zero attached hydrogens (tertiary/aromatic N) is 1. The standard InChI is InChI=1S/C16H16BrClN2O2/c1-10-4-5-12(8-14(10)18)20-19-9-11-6-13(17)16(22-3)15(7-11)21-2/h4-9,20H,1-3H3/b19-9+. The average molecular weight is 384 g/mol. The number of hydrogen-bond acceptors (Lipinski definition) is 4. The van der Waals surface area contributed by atoms with E-state index >= 15 is 0 Å². The molecule has 0 saturated carbocycles. The number of aryl methyl sites for hydroxylation is 1. The zero-order valence-corrected chi connectivity index (χ0v) is 14.8. The van der Waals surface area contributed by atoms with Crippen LogP contribution in [0.15, 0.2) is 39.9 Å². The largest absolute Gasteiger partial charge is 0.493 e. The molecule has 0 amide bonds. The molecule has 0 atom stereocenters. The number of nitrogens with one attached hydrogen (secondary N) is 1. The molecule has 0 unspecified atom stereocenters. The zero-order chi connectivity index (χ0) is 16.1. The summed E-state index contributed by atoms with van der Waals surface area (Å²) in [6.45, 7) is 1.95. The van der Waals surface area contributed by atoms with Gasteiger partial charge in [-0.25, -0.2) is 0 Å². The molecule has 2 aromatic rings. The maximum atomic E-state index is 6.08. The molecule has 0 aliphatic carbocycles. The van der Waals surface area contributed by atoms with Gasteiger partial charge in [0.05, 0.1) is 30.6 Å². The summed E-state index contributed by atoms with van der Waals surface area (Å²) in [4.78, 5) is 0. The lowest BCUT2D eigenvalue weighted by Gasteiger charge is -2.10. The van der Waals surface area contributed by atoms with Gasteiger partial charge in [-0.2, -0.15) is 5.10 Å². The smallest absolute Gasteiger partial charge is 0.174 e. The van der Waals surface area contributed by atoms with Gasteiger partial charge in [-0.15, -0.1) is 0 Å². The third-order valence-corrected chi connectivity index (χ3v) is 4.03. The van der Waals surface area contributed by atoms with Gasteiger partial charge >= 0.3 is 0 Å². The Kier molecular flexibility index (Phi) is 5.69. The molecule has 0 aromatic heterocycles. The molecule has 1 N–H and O–H groups in total. The van der Waals surface area contributed by atoms with Crippen molar-refractivity contribution in [3.63, 3.8) is 0 Å². The minimum absolute atomic E-state index is 0.636. The Morgan fingerprint density at radius 2 is 1.95 bits per heavy atom. The van der Waals surface area contributed by atoms with Crippen LogP contribution in [0.1, 0.15) is 11.1 Å². The van der Waals surface area contributed by atoms with E-state index in [1.165, 1.54) is 0 Å². The van der Waals surface area contributed by atoms with Crippen molar-refractivity contribution in [3.8, 4) is 11.5 Å². The minimum Gasteiger partial charge on any atom is -0.493 e. The molecule has 0 aliphatic rings. The van der Waals surface area contributed by atoms with E-state index in [1.807, 2.05) is 37.3 Å². The van der Waals surface area contributed by atoms with Gasteiger partial charge in [0.15, 0.2) is 11.5 Å². The highest BCUT2D eigenvalue weighted by Gasteiger charge is 2.09. The third kappa shape index (κ3) is 3.93. The van der Waals surface area contributed by atoms with Crippen molar-refractivity contribution >= 4 is 39.4 Å². The monoisotopic (exact) mass is 382 g/mol. The first-order valence-corrected chi connectivity index (χ1v) is 7.69. The molecule has 0 bridgehead atoms. The molecule has 0 radical (unpaired) electrons. The van der Waals surface area contributed by atoms with Crippen molar-refractivity contribution in [1.82, 2.24) is 0 Å². The SMILES string of the molecule is COc1cc(/C=N/Nc2ccc(C)c(Cl)c2)cc(Br)c1OC. The number of halogens is 2. The minimum atomic E-state index is 0.636. The Hall–Kier alpha value is -1.72. The van der Waals surface area contributed by atoms with Crippen molar-refractivity contribution < 1.29 is 9.47 Å². The fourth-order valence-corrected chi connectivity index (χ4v) is 2.66. The van der Waals surface area contributed by atoms with Gasteiger partial charge in [-0.1, -0.05) is 17.7 Å². The summed E-state index contributed by atoms with van der Waals surface area (Å²) in [7, 11) is 3.19. The number of hydrogen-bond donors (Lipinski definition) is 1. The van der Waals surface area contributed by atoms with Crippen molar-refractivity contribution in [1.29, 1.82) is 0 Å². The van der Waals surface area contributed by atoms with Gasteiger partial charge in [-0.3, -0.25) is 5.43 Å². The lowest BCUT2D eigenvalue weighted by Crippen LogP contribution is -1.95. The number of ether oxygens (including phenoxy) is 2. The first kappa shape index (κ1) is 16.6. The summed E-state index contributed by atoms with van der Waals surface area (Å²) in [5.74, 6) is 1.29. The van der Waals surface area contributed by atoms with E-state index in [4.69, 9.17) is 21.1 Å². The predicted octanol–water partition coefficient (Wildman–Crippen LogP) is 4.87. The van der Waals surface area contributed by atoms with E-state index in [2.05, 4.69) is 26.5 Å². The molecule has 116 valence electrons. The number of benzene rings is 2. The first-order valence-electron chi connectivity index (χ1n) is 6.52. The van der Waals surface area contributed by atoms with Gasteiger partial charge in [0.25, 0.3) is 0 Å². The van der Waals surface area contributed by atoms with Crippen molar-refractivity contribution in [3.05, 3.63) is 51.0 Å². The average Bonchev–Trinajstić information content (AvgIpc) is 2.50. The number of methoxy groups -OCH3 is 2. The summed E-state index contributed by atoms with van der Waals surface area (Å²) in [5.41, 5.74) is 5.67. The molecule has 0 spiro atoms.